The van der Waals surface area contributed by atoms with Gasteiger partial charge < -0.3 is 5.32 Å². The van der Waals surface area contributed by atoms with Crippen LogP contribution in [0.25, 0.3) is 5.57 Å². The van der Waals surface area contributed by atoms with Gasteiger partial charge >= 0.3 is 6.03 Å². The van der Waals surface area contributed by atoms with Crippen LogP contribution in [0.3, 0.4) is 0 Å². The fourth-order valence-corrected chi connectivity index (χ4v) is 5.39. The molecule has 0 aliphatic rings. The van der Waals surface area contributed by atoms with Gasteiger partial charge in [-0.05, 0) is 47.7 Å². The molecule has 6 heteroatoms. The maximum atomic E-state index is 12.9. The van der Waals surface area contributed by atoms with Gasteiger partial charge in [-0.3, -0.25) is 0 Å². The van der Waals surface area contributed by atoms with Crippen LogP contribution in [0, 0.1) is 6.92 Å². The molecule has 0 fully saturated rings. The van der Waals surface area contributed by atoms with E-state index in [4.69, 9.17) is 0 Å². The van der Waals surface area contributed by atoms with E-state index in [1.54, 1.807) is 12.1 Å². The predicted molar refractivity (Wildman–Crippen MR) is 149 cm³/mol. The fraction of sp³-hybridized carbons (Fsp3) is 0.129. The lowest BCUT2D eigenvalue weighted by Crippen LogP contribution is -2.47. The zero-order valence-corrected chi connectivity index (χ0v) is 21.5. The zero-order chi connectivity index (χ0) is 26.3. The second-order valence-corrected chi connectivity index (χ2v) is 10.7. The summed E-state index contributed by atoms with van der Waals surface area (Å²) in [4.78, 5) is 13.0. The molecule has 0 aliphatic carbocycles. The Hall–Kier alpha value is -4.16. The number of hydrogen-bond acceptors (Lipinski definition) is 3. The summed E-state index contributed by atoms with van der Waals surface area (Å²) in [6.07, 6.45) is 0.510. The highest BCUT2D eigenvalue weighted by Crippen LogP contribution is 2.40. The fourth-order valence-electron chi connectivity index (χ4n) is 4.46. The molecular formula is C31H30N2O3S. The summed E-state index contributed by atoms with van der Waals surface area (Å²) in [5.41, 5.74) is 4.12. The number of allylic oxidation sites excluding steroid dienone is 1. The first kappa shape index (κ1) is 25.9. The lowest BCUT2D eigenvalue weighted by atomic mass is 9.69. The molecule has 4 rings (SSSR count). The van der Waals surface area contributed by atoms with Gasteiger partial charge in [0.15, 0.2) is 0 Å². The zero-order valence-electron chi connectivity index (χ0n) is 20.7. The molecule has 0 spiro atoms. The molecule has 2 amide bonds. The largest absolute Gasteiger partial charge is 0.336 e. The molecule has 0 heterocycles. The van der Waals surface area contributed by atoms with E-state index in [9.17, 15) is 13.2 Å². The third kappa shape index (κ3) is 6.16. The molecule has 0 unspecified atom stereocenters. The van der Waals surface area contributed by atoms with Crippen LogP contribution in [-0.4, -0.2) is 21.0 Å². The minimum atomic E-state index is -4.02. The first-order valence-electron chi connectivity index (χ1n) is 12.0. The summed E-state index contributed by atoms with van der Waals surface area (Å²) in [5, 5.41) is 2.84. The molecule has 5 nitrogen and oxygen atoms in total. The molecule has 4 aromatic rings. The lowest BCUT2D eigenvalue weighted by Gasteiger charge is -2.36. The average molecular weight is 511 g/mol. The summed E-state index contributed by atoms with van der Waals surface area (Å²) >= 11 is 0. The predicted octanol–water partition coefficient (Wildman–Crippen LogP) is 6.07. The highest BCUT2D eigenvalue weighted by atomic mass is 32.2. The third-order valence-corrected chi connectivity index (χ3v) is 7.81. The van der Waals surface area contributed by atoms with Crippen LogP contribution in [0.5, 0.6) is 0 Å². The molecular weight excluding hydrogens is 480 g/mol. The second kappa shape index (κ2) is 11.3. The van der Waals surface area contributed by atoms with Gasteiger partial charge in [-0.25, -0.2) is 17.9 Å². The highest BCUT2D eigenvalue weighted by molar-refractivity contribution is 7.90. The number of urea groups is 1. The minimum absolute atomic E-state index is 0.0306. The van der Waals surface area contributed by atoms with Gasteiger partial charge in [0.05, 0.1) is 4.90 Å². The van der Waals surface area contributed by atoms with Gasteiger partial charge in [0, 0.05) is 12.0 Å². The van der Waals surface area contributed by atoms with Crippen LogP contribution in [0.1, 0.15) is 28.7 Å². The topological polar surface area (TPSA) is 75.3 Å². The van der Waals surface area contributed by atoms with Crippen molar-refractivity contribution in [3.8, 4) is 0 Å². The smallest absolute Gasteiger partial charge is 0.328 e. The van der Waals surface area contributed by atoms with E-state index < -0.39 is 21.5 Å². The normalized spacial score (nSPS) is 11.5. The first-order valence-corrected chi connectivity index (χ1v) is 13.5. The van der Waals surface area contributed by atoms with Gasteiger partial charge in [-0.15, -0.1) is 0 Å². The van der Waals surface area contributed by atoms with Crippen molar-refractivity contribution in [3.05, 3.63) is 144 Å². The number of carbonyl (C=O) groups is 1. The number of aryl methyl sites for hydroxylation is 1. The number of hydrogen-bond donors (Lipinski definition) is 2. The molecule has 0 saturated heterocycles. The Morgan fingerprint density at radius 1 is 0.757 bits per heavy atom. The first-order chi connectivity index (χ1) is 17.8. The molecule has 0 aliphatic heterocycles. The van der Waals surface area contributed by atoms with Crippen molar-refractivity contribution in [2.75, 3.05) is 6.54 Å². The minimum Gasteiger partial charge on any atom is -0.336 e. The van der Waals surface area contributed by atoms with Gasteiger partial charge in [0.2, 0.25) is 0 Å². The lowest BCUT2D eigenvalue weighted by molar-refractivity contribution is 0.243. The van der Waals surface area contributed by atoms with Crippen molar-refractivity contribution in [1.29, 1.82) is 0 Å². The Morgan fingerprint density at radius 3 is 1.76 bits per heavy atom. The average Bonchev–Trinajstić information content (AvgIpc) is 2.92. The number of amides is 2. The van der Waals surface area contributed by atoms with Crippen LogP contribution < -0.4 is 10.0 Å². The third-order valence-electron chi connectivity index (χ3n) is 6.46. The highest BCUT2D eigenvalue weighted by Gasteiger charge is 2.36. The molecule has 0 aromatic heterocycles. The Morgan fingerprint density at radius 2 is 1.24 bits per heavy atom. The van der Waals surface area contributed by atoms with E-state index in [0.717, 1.165) is 27.8 Å². The molecule has 0 bridgehead atoms. The monoisotopic (exact) mass is 510 g/mol. The molecule has 4 aromatic carbocycles. The molecule has 0 atom stereocenters. The number of rotatable bonds is 9. The number of nitrogens with one attached hydrogen (secondary N) is 2. The summed E-state index contributed by atoms with van der Waals surface area (Å²) in [6, 6.07) is 35.3. The molecule has 0 radical (unpaired) electrons. The number of sulfonamides is 1. The van der Waals surface area contributed by atoms with E-state index >= 15 is 0 Å². The summed E-state index contributed by atoms with van der Waals surface area (Å²) < 4.78 is 27.7. The van der Waals surface area contributed by atoms with E-state index in [0.29, 0.717) is 6.42 Å². The maximum Gasteiger partial charge on any atom is 0.328 e. The second-order valence-electron chi connectivity index (χ2n) is 9.06. The summed E-state index contributed by atoms with van der Waals surface area (Å²) in [7, 11) is -4.02. The van der Waals surface area contributed by atoms with E-state index in [2.05, 4.69) is 16.6 Å². The molecule has 0 saturated carbocycles. The van der Waals surface area contributed by atoms with Gasteiger partial charge in [0.1, 0.15) is 0 Å². The summed E-state index contributed by atoms with van der Waals surface area (Å²) in [5.74, 6) is 0. The van der Waals surface area contributed by atoms with Crippen LogP contribution in [0.4, 0.5) is 4.79 Å². The molecule has 188 valence electrons. The van der Waals surface area contributed by atoms with Crippen molar-refractivity contribution in [3.63, 3.8) is 0 Å². The van der Waals surface area contributed by atoms with Crippen LogP contribution >= 0.6 is 0 Å². The Bertz CT molecular complexity index is 1410. The van der Waals surface area contributed by atoms with Crippen LogP contribution in [-0.2, 0) is 15.4 Å². The van der Waals surface area contributed by atoms with Gasteiger partial charge in [0.25, 0.3) is 10.0 Å². The number of carbonyl (C=O) groups excluding carboxylic acids is 1. The Balaban J connectivity index is 1.67. The number of benzene rings is 4. The van der Waals surface area contributed by atoms with Crippen molar-refractivity contribution in [2.45, 2.75) is 23.7 Å². The van der Waals surface area contributed by atoms with Crippen molar-refractivity contribution < 1.29 is 13.2 Å². The van der Waals surface area contributed by atoms with Gasteiger partial charge in [-0.2, -0.15) is 0 Å². The summed E-state index contributed by atoms with van der Waals surface area (Å²) in [6.45, 7) is 6.39. The van der Waals surface area contributed by atoms with Crippen LogP contribution in [0.2, 0.25) is 0 Å². The Labute approximate surface area is 218 Å². The van der Waals surface area contributed by atoms with E-state index in [-0.39, 0.29) is 11.4 Å². The van der Waals surface area contributed by atoms with E-state index in [1.165, 1.54) is 12.1 Å². The molecule has 2 N–H and O–H groups in total. The maximum absolute atomic E-state index is 12.9. The van der Waals surface area contributed by atoms with E-state index in [1.807, 2.05) is 97.9 Å². The molecule has 37 heavy (non-hydrogen) atoms. The van der Waals surface area contributed by atoms with Crippen molar-refractivity contribution >= 4 is 21.6 Å². The SMILES string of the molecule is C=C(CC(CNC(=O)NS(=O)(=O)c1ccc(C)cc1)(c1ccccc1)c1ccccc1)c1ccccc1. The quantitative estimate of drug-likeness (QED) is 0.287. The van der Waals surface area contributed by atoms with Crippen LogP contribution in [0.15, 0.2) is 127 Å². The standard InChI is InChI=1S/C31H30N2O3S/c1-24-18-20-29(21-19-24)37(35,36)33-30(34)32-23-31(27-14-8-4-9-15-27,28-16-10-5-11-17-28)22-25(2)26-12-6-3-7-13-26/h3-21H,2,22-23H2,1H3,(H2,32,33,34). The van der Waals surface area contributed by atoms with Crippen molar-refractivity contribution in [1.82, 2.24) is 10.0 Å². The Kier molecular flexibility index (Phi) is 7.89. The van der Waals surface area contributed by atoms with Crippen molar-refractivity contribution in [2.24, 2.45) is 0 Å². The van der Waals surface area contributed by atoms with Gasteiger partial charge in [-0.1, -0.05) is 115 Å².